The van der Waals surface area contributed by atoms with Crippen LogP contribution in [0, 0.1) is 11.3 Å². The van der Waals surface area contributed by atoms with Gasteiger partial charge in [-0.15, -0.1) is 33.7 Å². The number of thioether (sulfide) groups is 4. The second kappa shape index (κ2) is 24.3. The molecule has 20 nitrogen and oxygen atoms in total. The maximum atomic E-state index is 17.2. The maximum absolute atomic E-state index is 17.2. The smallest absolute Gasteiger partial charge is 0.338 e. The fraction of sp³-hybridized carbons (Fsp3) is 0.291. The number of halogens is 2. The van der Waals surface area contributed by atoms with Gasteiger partial charge in [-0.1, -0.05) is 96.3 Å². The number of carbonyl (C=O) groups is 4. The molecule has 0 saturated carbocycles. The third-order valence-electron chi connectivity index (χ3n) is 13.2. The summed E-state index contributed by atoms with van der Waals surface area (Å²) < 4.78 is 70.8. The number of nitrogens with zero attached hydrogens (tertiary/aromatic N) is 9. The lowest BCUT2D eigenvalue weighted by atomic mass is 9.82. The van der Waals surface area contributed by atoms with Gasteiger partial charge in [0.25, 0.3) is 5.79 Å². The molecule has 0 bridgehead atoms. The van der Waals surface area contributed by atoms with Crippen LogP contribution in [-0.2, 0) is 39.8 Å². The van der Waals surface area contributed by atoms with E-state index in [9.17, 15) is 29.5 Å². The minimum atomic E-state index is -2.73. The Labute approximate surface area is 478 Å². The number of benzene rings is 4. The van der Waals surface area contributed by atoms with Gasteiger partial charge >= 0.3 is 23.9 Å². The lowest BCUT2D eigenvalue weighted by Gasteiger charge is -2.32. The molecule has 8 atom stereocenters. The maximum Gasteiger partial charge on any atom is 0.338 e. The first-order valence-electron chi connectivity index (χ1n) is 24.5. The summed E-state index contributed by atoms with van der Waals surface area (Å²) in [6, 6.07) is 34.4. The van der Waals surface area contributed by atoms with Crippen LogP contribution in [0.3, 0.4) is 0 Å². The van der Waals surface area contributed by atoms with Crippen molar-refractivity contribution in [3.63, 3.8) is 0 Å². The van der Waals surface area contributed by atoms with Crippen LogP contribution in [0.4, 0.5) is 8.78 Å². The van der Waals surface area contributed by atoms with Gasteiger partial charge in [0.1, 0.15) is 52.9 Å². The van der Waals surface area contributed by atoms with Gasteiger partial charge in [0, 0.05) is 0 Å². The SMILES string of the molecule is CSc1nc(SC)c2ncc(C3(C#N)O[C@H](COC(=O)c4ccccc4)[C@@H](OC(=O)c4ccccc4)[C@@]3(C)F)n2n1.CSc1nc(SC)c2ncc(C3(O)O[C@H](COC(=O)c4ccccc4)[C@@H](OC(=O)c4ccccc4)[C@@]3(C)F)n2n1. The number of rotatable bonds is 16. The largest absolute Gasteiger partial charge is 0.459 e. The molecule has 10 rings (SSSR count). The van der Waals surface area contributed by atoms with E-state index in [2.05, 4.69) is 30.1 Å². The van der Waals surface area contributed by atoms with Crippen molar-refractivity contribution in [2.75, 3.05) is 38.2 Å². The number of alkyl halides is 2. The van der Waals surface area contributed by atoms with E-state index in [1.807, 2.05) is 12.3 Å². The molecule has 4 aromatic heterocycles. The Morgan fingerprint density at radius 3 is 1.35 bits per heavy atom. The standard InChI is InChI=1S/C28H24FN5O5S2.C27H25FN4O6S2/c1-27(29)21(38-25(36)18-12-8-5-9-13-18)19(15-37-24(35)17-10-6-4-7-11-17)39-28(27,16-30)20-14-31-22-23(40-2)32-26(41-3)33-34(20)22;1-26(28)20(37-24(34)17-12-8-5-9-13-17)18(15-36-23(33)16-10-6-4-7-11-16)38-27(26,35)19-14-29-21-22(39-2)30-25(40-3)31-32(19)21/h4-14,19,21H,15H2,1-3H3;4-14,18,20,35H,15H2,1-3H3/t19-,21-,27-,28?;18-,20-,26-,27?/m11/s1. The molecule has 2 saturated heterocycles. The summed E-state index contributed by atoms with van der Waals surface area (Å²) in [6.45, 7) is 1.16. The molecule has 8 aromatic rings. The van der Waals surface area contributed by atoms with E-state index >= 15 is 8.78 Å². The highest BCUT2D eigenvalue weighted by Gasteiger charge is 2.70. The number of imidazole rings is 2. The number of hydrogen-bond acceptors (Lipinski definition) is 22. The van der Waals surface area contributed by atoms with Crippen LogP contribution < -0.4 is 0 Å². The Balaban J connectivity index is 0.000000196. The lowest BCUT2D eigenvalue weighted by Crippen LogP contribution is -2.51. The van der Waals surface area contributed by atoms with Crippen LogP contribution >= 0.6 is 47.0 Å². The summed E-state index contributed by atoms with van der Waals surface area (Å²) in [7, 11) is 0. The first-order valence-corrected chi connectivity index (χ1v) is 29.4. The first kappa shape index (κ1) is 58.2. The van der Waals surface area contributed by atoms with Gasteiger partial charge in [-0.25, -0.2) is 56.9 Å². The van der Waals surface area contributed by atoms with Crippen molar-refractivity contribution in [1.82, 2.24) is 39.2 Å². The highest BCUT2D eigenvalue weighted by molar-refractivity contribution is 7.99. The number of ether oxygens (including phenoxy) is 6. The number of esters is 4. The van der Waals surface area contributed by atoms with E-state index in [0.29, 0.717) is 26.0 Å². The zero-order valence-electron chi connectivity index (χ0n) is 43.9. The average molecular weight is 1180 g/mol. The Morgan fingerprint density at radius 1 is 0.580 bits per heavy atom. The molecule has 26 heteroatoms. The lowest BCUT2D eigenvalue weighted by molar-refractivity contribution is -0.256. The minimum Gasteiger partial charge on any atom is -0.459 e. The van der Waals surface area contributed by atoms with E-state index < -0.39 is 84.2 Å². The third-order valence-corrected chi connectivity index (χ3v) is 15.6. The molecule has 81 heavy (non-hydrogen) atoms. The van der Waals surface area contributed by atoms with Crippen LogP contribution in [0.2, 0.25) is 0 Å². The molecule has 0 aliphatic carbocycles. The predicted molar refractivity (Wildman–Crippen MR) is 293 cm³/mol. The van der Waals surface area contributed by atoms with Crippen molar-refractivity contribution in [3.05, 3.63) is 167 Å². The number of nitriles is 1. The van der Waals surface area contributed by atoms with E-state index in [4.69, 9.17) is 28.4 Å². The van der Waals surface area contributed by atoms with Gasteiger partial charge in [0.2, 0.25) is 21.6 Å². The van der Waals surface area contributed by atoms with Crippen LogP contribution in [0.15, 0.2) is 154 Å². The number of carbonyl (C=O) groups excluding carboxylic acids is 4. The Kier molecular flexibility index (Phi) is 17.4. The van der Waals surface area contributed by atoms with Gasteiger partial charge in [0.15, 0.2) is 29.2 Å². The van der Waals surface area contributed by atoms with Crippen LogP contribution in [0.1, 0.15) is 66.7 Å². The summed E-state index contributed by atoms with van der Waals surface area (Å²) >= 11 is 5.14. The van der Waals surface area contributed by atoms with Gasteiger partial charge in [0.05, 0.1) is 34.6 Å². The van der Waals surface area contributed by atoms with Crippen molar-refractivity contribution in [2.24, 2.45) is 0 Å². The monoisotopic (exact) mass is 1180 g/mol. The quantitative estimate of drug-likeness (QED) is 0.0541. The molecule has 2 aliphatic rings. The average Bonchev–Trinajstić information content (AvgIpc) is 4.31. The van der Waals surface area contributed by atoms with E-state index in [1.54, 1.807) is 116 Å². The van der Waals surface area contributed by atoms with Crippen LogP contribution in [-0.4, -0.2) is 142 Å². The number of fused-ring (bicyclic) bond motifs is 2. The zero-order valence-corrected chi connectivity index (χ0v) is 47.1. The number of hydrogen-bond donors (Lipinski definition) is 1. The summed E-state index contributed by atoms with van der Waals surface area (Å²) in [5.74, 6) is -5.74. The van der Waals surface area contributed by atoms with E-state index in [0.717, 1.165) is 13.8 Å². The minimum absolute atomic E-state index is 0.0226. The van der Waals surface area contributed by atoms with Crippen LogP contribution in [0.25, 0.3) is 11.3 Å². The Bertz CT molecular complexity index is 3640. The summed E-state index contributed by atoms with van der Waals surface area (Å²) in [5, 5.41) is 32.9. The summed E-state index contributed by atoms with van der Waals surface area (Å²) in [6.07, 6.45) is 3.64. The Hall–Kier alpha value is -7.51. The molecule has 0 spiro atoms. The van der Waals surface area contributed by atoms with Crippen molar-refractivity contribution >= 4 is 82.2 Å². The highest BCUT2D eigenvalue weighted by atomic mass is 32.2. The van der Waals surface area contributed by atoms with Gasteiger partial charge < -0.3 is 33.5 Å². The topological polar surface area (TPSA) is 254 Å². The second-order valence-corrected chi connectivity index (χ2v) is 21.3. The zero-order chi connectivity index (χ0) is 57.7. The predicted octanol–water partition coefficient (Wildman–Crippen LogP) is 8.42. The first-order chi connectivity index (χ1) is 38.9. The summed E-state index contributed by atoms with van der Waals surface area (Å²) in [4.78, 5) is 68.9. The molecule has 2 unspecified atom stereocenters. The van der Waals surface area contributed by atoms with E-state index in [1.165, 1.54) is 92.7 Å². The highest BCUT2D eigenvalue weighted by Crippen LogP contribution is 2.52. The van der Waals surface area contributed by atoms with Crippen LogP contribution in [0.5, 0.6) is 0 Å². The number of aromatic nitrogens is 8. The molecule has 6 heterocycles. The van der Waals surface area contributed by atoms with Crippen molar-refractivity contribution in [2.45, 2.75) is 81.4 Å². The van der Waals surface area contributed by atoms with Gasteiger partial charge in [-0.3, -0.25) is 0 Å². The molecule has 2 fully saturated rings. The van der Waals surface area contributed by atoms with Crippen molar-refractivity contribution in [1.29, 1.82) is 5.26 Å². The fourth-order valence-corrected chi connectivity index (χ4v) is 10.9. The van der Waals surface area contributed by atoms with Crippen molar-refractivity contribution in [3.8, 4) is 6.07 Å². The molecule has 1 N–H and O–H groups in total. The molecule has 2 aliphatic heterocycles. The van der Waals surface area contributed by atoms with Crippen molar-refractivity contribution < 1.29 is 61.5 Å². The Morgan fingerprint density at radius 2 is 0.951 bits per heavy atom. The van der Waals surface area contributed by atoms with E-state index in [-0.39, 0.29) is 39.3 Å². The second-order valence-electron chi connectivity index (χ2n) is 18.2. The molecular weight excluding hydrogens is 1130 g/mol. The third kappa shape index (κ3) is 11.2. The molecular formula is C55H49F2N9O11S4. The molecule has 418 valence electrons. The van der Waals surface area contributed by atoms with Gasteiger partial charge in [-0.2, -0.15) is 5.26 Å². The van der Waals surface area contributed by atoms with Gasteiger partial charge in [-0.05, 0) is 87.4 Å². The molecule has 0 radical (unpaired) electrons. The summed E-state index contributed by atoms with van der Waals surface area (Å²) in [5.41, 5.74) is -6.42. The fourth-order valence-electron chi connectivity index (χ4n) is 9.06. The normalized spacial score (nSPS) is 24.0. The molecule has 4 aromatic carbocycles. The number of aliphatic hydroxyl groups is 1. The molecule has 0 amide bonds.